The number of carbonyl (C=O) groups is 1. The summed E-state index contributed by atoms with van der Waals surface area (Å²) < 4.78 is 25.3. The van der Waals surface area contributed by atoms with Gasteiger partial charge in [-0.3, -0.25) is 14.5 Å². The number of nitrogens with one attached hydrogen (secondary N) is 3. The number of pyridine rings is 1. The van der Waals surface area contributed by atoms with Gasteiger partial charge >= 0.3 is 0 Å². The van der Waals surface area contributed by atoms with Crippen LogP contribution in [0, 0.1) is 0 Å². The Hall–Kier alpha value is -2.61. The highest BCUT2D eigenvalue weighted by molar-refractivity contribution is 7.92. The molecule has 0 radical (unpaired) electrons. The van der Waals surface area contributed by atoms with Crippen LogP contribution in [0.3, 0.4) is 0 Å². The first-order valence-corrected chi connectivity index (χ1v) is 9.32. The van der Waals surface area contributed by atoms with Gasteiger partial charge in [0.05, 0.1) is 11.9 Å². The fourth-order valence-electron chi connectivity index (χ4n) is 2.09. The van der Waals surface area contributed by atoms with Crippen LogP contribution in [0.1, 0.15) is 23.0 Å². The van der Waals surface area contributed by atoms with E-state index in [4.69, 9.17) is 0 Å². The molecule has 1 heterocycles. The van der Waals surface area contributed by atoms with Crippen LogP contribution in [0.25, 0.3) is 0 Å². The summed E-state index contributed by atoms with van der Waals surface area (Å²) in [7, 11) is -3.35. The smallest absolute Gasteiger partial charge is 0.269 e. The third-order valence-corrected chi connectivity index (χ3v) is 3.72. The quantitative estimate of drug-likeness (QED) is 0.709. The van der Waals surface area contributed by atoms with Gasteiger partial charge < -0.3 is 10.6 Å². The standard InChI is InChI=1S/C16H20N4O3S/c1-3-17-16(21)15-10-13(8-9-18-15)19-11-12-6-4-5-7-14(12)20-24(2,22)23/h4-10,20H,3,11H2,1-2H3,(H,17,21)(H,18,19). The van der Waals surface area contributed by atoms with E-state index in [-0.39, 0.29) is 5.91 Å². The number of rotatable bonds is 7. The van der Waals surface area contributed by atoms with Gasteiger partial charge in [-0.15, -0.1) is 0 Å². The molecule has 0 unspecified atom stereocenters. The van der Waals surface area contributed by atoms with Crippen LogP contribution >= 0.6 is 0 Å². The zero-order valence-corrected chi connectivity index (χ0v) is 14.4. The average Bonchev–Trinajstić information content (AvgIpc) is 2.53. The van der Waals surface area contributed by atoms with Crippen molar-refractivity contribution in [1.82, 2.24) is 10.3 Å². The Kier molecular flexibility index (Phi) is 5.75. The van der Waals surface area contributed by atoms with E-state index in [1.54, 1.807) is 30.5 Å². The lowest BCUT2D eigenvalue weighted by Gasteiger charge is -2.12. The number of nitrogens with zero attached hydrogens (tertiary/aromatic N) is 1. The lowest BCUT2D eigenvalue weighted by Crippen LogP contribution is -2.23. The number of benzene rings is 1. The molecule has 1 aromatic heterocycles. The van der Waals surface area contributed by atoms with Crippen molar-refractivity contribution in [1.29, 1.82) is 0 Å². The summed E-state index contributed by atoms with van der Waals surface area (Å²) in [5, 5.41) is 5.86. The number of aromatic nitrogens is 1. The first-order chi connectivity index (χ1) is 11.4. The van der Waals surface area contributed by atoms with Gasteiger partial charge in [0.25, 0.3) is 5.91 Å². The zero-order valence-electron chi connectivity index (χ0n) is 13.5. The molecule has 0 atom stereocenters. The fourth-order valence-corrected chi connectivity index (χ4v) is 2.69. The predicted molar refractivity (Wildman–Crippen MR) is 94.5 cm³/mol. The number of hydrogen-bond donors (Lipinski definition) is 3. The van der Waals surface area contributed by atoms with Gasteiger partial charge in [0.1, 0.15) is 5.69 Å². The maximum atomic E-state index is 11.8. The molecule has 0 saturated carbocycles. The summed E-state index contributed by atoms with van der Waals surface area (Å²) in [6.07, 6.45) is 2.66. The van der Waals surface area contributed by atoms with Crippen LogP contribution in [0.15, 0.2) is 42.6 Å². The van der Waals surface area contributed by atoms with Crippen molar-refractivity contribution in [3.63, 3.8) is 0 Å². The molecule has 1 aromatic carbocycles. The maximum absolute atomic E-state index is 11.8. The molecule has 1 amide bonds. The molecule has 8 heteroatoms. The second kappa shape index (κ2) is 7.78. The van der Waals surface area contributed by atoms with Crippen molar-refractivity contribution in [2.75, 3.05) is 22.8 Å². The Morgan fingerprint density at radius 2 is 1.96 bits per heavy atom. The SMILES string of the molecule is CCNC(=O)c1cc(NCc2ccccc2NS(C)(=O)=O)ccn1. The van der Waals surface area contributed by atoms with Crippen LogP contribution in [0.5, 0.6) is 0 Å². The molecule has 0 aliphatic rings. The highest BCUT2D eigenvalue weighted by Crippen LogP contribution is 2.18. The Morgan fingerprint density at radius 1 is 1.21 bits per heavy atom. The van der Waals surface area contributed by atoms with E-state index >= 15 is 0 Å². The van der Waals surface area contributed by atoms with Crippen molar-refractivity contribution < 1.29 is 13.2 Å². The van der Waals surface area contributed by atoms with Crippen molar-refractivity contribution in [3.8, 4) is 0 Å². The molecule has 0 fully saturated rings. The van der Waals surface area contributed by atoms with Crippen LogP contribution in [-0.2, 0) is 16.6 Å². The number of carbonyl (C=O) groups excluding carboxylic acids is 1. The van der Waals surface area contributed by atoms with Gasteiger partial charge in [-0.1, -0.05) is 18.2 Å². The largest absolute Gasteiger partial charge is 0.381 e. The summed E-state index contributed by atoms with van der Waals surface area (Å²) >= 11 is 0. The van der Waals surface area contributed by atoms with Gasteiger partial charge in [-0.05, 0) is 30.7 Å². The highest BCUT2D eigenvalue weighted by Gasteiger charge is 2.09. The van der Waals surface area contributed by atoms with Gasteiger partial charge in [-0.2, -0.15) is 0 Å². The second-order valence-corrected chi connectivity index (χ2v) is 6.92. The molecule has 7 nitrogen and oxygen atoms in total. The monoisotopic (exact) mass is 348 g/mol. The van der Waals surface area contributed by atoms with E-state index < -0.39 is 10.0 Å². The summed E-state index contributed by atoms with van der Waals surface area (Å²) in [6, 6.07) is 10.5. The highest BCUT2D eigenvalue weighted by atomic mass is 32.2. The Bertz CT molecular complexity index is 822. The molecular weight excluding hydrogens is 328 g/mol. The number of amides is 1. The summed E-state index contributed by atoms with van der Waals surface area (Å²) in [5.74, 6) is -0.236. The summed E-state index contributed by atoms with van der Waals surface area (Å²) in [4.78, 5) is 15.8. The van der Waals surface area contributed by atoms with Gasteiger partial charge in [0.2, 0.25) is 10.0 Å². The van der Waals surface area contributed by atoms with E-state index in [0.717, 1.165) is 17.5 Å². The first-order valence-electron chi connectivity index (χ1n) is 7.43. The van der Waals surface area contributed by atoms with E-state index in [1.807, 2.05) is 19.1 Å². The van der Waals surface area contributed by atoms with Crippen LogP contribution in [-0.4, -0.2) is 32.1 Å². The minimum Gasteiger partial charge on any atom is -0.381 e. The fraction of sp³-hybridized carbons (Fsp3) is 0.250. The Morgan fingerprint density at radius 3 is 2.67 bits per heavy atom. The minimum absolute atomic E-state index is 0.236. The van der Waals surface area contributed by atoms with Crippen LogP contribution < -0.4 is 15.4 Å². The molecule has 0 aliphatic carbocycles. The molecule has 2 aromatic rings. The molecule has 0 aliphatic heterocycles. The molecular formula is C16H20N4O3S. The van der Waals surface area contributed by atoms with E-state index in [2.05, 4.69) is 20.3 Å². The van der Waals surface area contributed by atoms with E-state index in [0.29, 0.717) is 24.5 Å². The third kappa shape index (κ3) is 5.24. The molecule has 0 spiro atoms. The van der Waals surface area contributed by atoms with E-state index in [9.17, 15) is 13.2 Å². The van der Waals surface area contributed by atoms with E-state index in [1.165, 1.54) is 0 Å². The topological polar surface area (TPSA) is 100 Å². The molecule has 3 N–H and O–H groups in total. The Balaban J connectivity index is 2.12. The van der Waals surface area contributed by atoms with Crippen LogP contribution in [0.2, 0.25) is 0 Å². The molecule has 128 valence electrons. The Labute approximate surface area is 141 Å². The lowest BCUT2D eigenvalue weighted by atomic mass is 10.2. The average molecular weight is 348 g/mol. The van der Waals surface area contributed by atoms with Crippen molar-refractivity contribution in [2.45, 2.75) is 13.5 Å². The van der Waals surface area contributed by atoms with Crippen molar-refractivity contribution in [2.24, 2.45) is 0 Å². The van der Waals surface area contributed by atoms with Gasteiger partial charge in [-0.25, -0.2) is 8.42 Å². The van der Waals surface area contributed by atoms with Gasteiger partial charge in [0.15, 0.2) is 0 Å². The molecule has 2 rings (SSSR count). The number of sulfonamides is 1. The zero-order chi connectivity index (χ0) is 17.6. The molecule has 24 heavy (non-hydrogen) atoms. The second-order valence-electron chi connectivity index (χ2n) is 5.17. The minimum atomic E-state index is -3.35. The van der Waals surface area contributed by atoms with Crippen molar-refractivity contribution >= 4 is 27.3 Å². The molecule has 0 saturated heterocycles. The lowest BCUT2D eigenvalue weighted by molar-refractivity contribution is 0.0951. The predicted octanol–water partition coefficient (Wildman–Crippen LogP) is 1.81. The number of hydrogen-bond acceptors (Lipinski definition) is 5. The number of para-hydroxylation sites is 1. The molecule has 0 bridgehead atoms. The van der Waals surface area contributed by atoms with Crippen LogP contribution in [0.4, 0.5) is 11.4 Å². The number of anilines is 2. The summed E-state index contributed by atoms with van der Waals surface area (Å²) in [6.45, 7) is 2.77. The summed E-state index contributed by atoms with van der Waals surface area (Å²) in [5.41, 5.74) is 2.36. The first kappa shape index (κ1) is 17.7. The normalized spacial score (nSPS) is 10.9. The third-order valence-electron chi connectivity index (χ3n) is 3.13. The maximum Gasteiger partial charge on any atom is 0.269 e. The van der Waals surface area contributed by atoms with Crippen molar-refractivity contribution in [3.05, 3.63) is 53.9 Å². The van der Waals surface area contributed by atoms with Gasteiger partial charge in [0, 0.05) is 25.0 Å².